The quantitative estimate of drug-likeness (QED) is 0.772. The first kappa shape index (κ1) is 12.9. The van der Waals surface area contributed by atoms with Crippen LogP contribution in [0.5, 0.6) is 0 Å². The van der Waals surface area contributed by atoms with Crippen LogP contribution in [0, 0.1) is 0 Å². The summed E-state index contributed by atoms with van der Waals surface area (Å²) in [6.07, 6.45) is 7.02. The van der Waals surface area contributed by atoms with Gasteiger partial charge in [0.05, 0.1) is 0 Å². The van der Waals surface area contributed by atoms with Crippen LogP contribution in [-0.2, 0) is 9.53 Å². The number of esters is 1. The molecule has 0 spiro atoms. The molecule has 1 aromatic heterocycles. The SMILES string of the molecule is CC(C(=O)OC1CCCCC1)n1ccccc1=O. The van der Waals surface area contributed by atoms with Gasteiger partial charge in [0.1, 0.15) is 12.1 Å². The molecule has 4 nitrogen and oxygen atoms in total. The molecule has 1 heterocycles. The number of ether oxygens (including phenoxy) is 1. The Morgan fingerprint density at radius 2 is 2.06 bits per heavy atom. The van der Waals surface area contributed by atoms with E-state index in [-0.39, 0.29) is 17.6 Å². The minimum absolute atomic E-state index is 0.0353. The maximum atomic E-state index is 12.0. The number of rotatable bonds is 3. The van der Waals surface area contributed by atoms with E-state index in [4.69, 9.17) is 4.74 Å². The van der Waals surface area contributed by atoms with Gasteiger partial charge in [0.2, 0.25) is 0 Å². The Morgan fingerprint density at radius 1 is 1.33 bits per heavy atom. The molecule has 0 aliphatic heterocycles. The van der Waals surface area contributed by atoms with Crippen LogP contribution in [-0.4, -0.2) is 16.6 Å². The predicted molar refractivity (Wildman–Crippen MR) is 68.4 cm³/mol. The van der Waals surface area contributed by atoms with Crippen molar-refractivity contribution in [2.75, 3.05) is 0 Å². The minimum Gasteiger partial charge on any atom is -0.461 e. The first-order valence-electron chi connectivity index (χ1n) is 6.56. The highest BCUT2D eigenvalue weighted by Gasteiger charge is 2.22. The van der Waals surface area contributed by atoms with Gasteiger partial charge in [-0.1, -0.05) is 12.5 Å². The molecule has 0 saturated heterocycles. The number of carbonyl (C=O) groups is 1. The fraction of sp³-hybridized carbons (Fsp3) is 0.571. The summed E-state index contributed by atoms with van der Waals surface area (Å²) in [5, 5.41) is 0. The van der Waals surface area contributed by atoms with E-state index in [9.17, 15) is 9.59 Å². The van der Waals surface area contributed by atoms with Crippen molar-refractivity contribution in [3.63, 3.8) is 0 Å². The van der Waals surface area contributed by atoms with Crippen LogP contribution in [0.3, 0.4) is 0 Å². The van der Waals surface area contributed by atoms with E-state index in [0.29, 0.717) is 0 Å². The molecule has 1 saturated carbocycles. The Bertz CT molecular complexity index is 460. The predicted octanol–water partition coefficient (Wildman–Crippen LogP) is 2.29. The Labute approximate surface area is 107 Å². The van der Waals surface area contributed by atoms with Crippen molar-refractivity contribution < 1.29 is 9.53 Å². The van der Waals surface area contributed by atoms with Crippen LogP contribution in [0.25, 0.3) is 0 Å². The van der Waals surface area contributed by atoms with E-state index in [1.807, 2.05) is 0 Å². The molecule has 0 amide bonds. The van der Waals surface area contributed by atoms with Crippen molar-refractivity contribution in [2.24, 2.45) is 0 Å². The molecule has 1 fully saturated rings. The zero-order valence-electron chi connectivity index (χ0n) is 10.7. The van der Waals surface area contributed by atoms with E-state index in [0.717, 1.165) is 25.7 Å². The number of aromatic nitrogens is 1. The van der Waals surface area contributed by atoms with Crippen LogP contribution in [0.4, 0.5) is 0 Å². The standard InChI is InChI=1S/C14H19NO3/c1-11(15-10-6-5-9-13(15)16)14(17)18-12-7-3-2-4-8-12/h5-6,9-12H,2-4,7-8H2,1H3. The van der Waals surface area contributed by atoms with Gasteiger partial charge in [0.25, 0.3) is 5.56 Å². The fourth-order valence-corrected chi connectivity index (χ4v) is 2.32. The van der Waals surface area contributed by atoms with E-state index >= 15 is 0 Å². The molecule has 1 atom stereocenters. The molecule has 1 unspecified atom stereocenters. The monoisotopic (exact) mass is 249 g/mol. The zero-order valence-corrected chi connectivity index (χ0v) is 10.7. The van der Waals surface area contributed by atoms with Gasteiger partial charge in [0, 0.05) is 12.3 Å². The van der Waals surface area contributed by atoms with E-state index in [1.165, 1.54) is 17.1 Å². The number of pyridine rings is 1. The molecule has 98 valence electrons. The molecular weight excluding hydrogens is 230 g/mol. The number of nitrogens with zero attached hydrogens (tertiary/aromatic N) is 1. The summed E-state index contributed by atoms with van der Waals surface area (Å²) in [4.78, 5) is 23.6. The molecule has 1 aliphatic rings. The first-order chi connectivity index (χ1) is 8.68. The van der Waals surface area contributed by atoms with Gasteiger partial charge in [-0.2, -0.15) is 0 Å². The Balaban J connectivity index is 2.00. The van der Waals surface area contributed by atoms with Crippen LogP contribution in [0.2, 0.25) is 0 Å². The summed E-state index contributed by atoms with van der Waals surface area (Å²) < 4.78 is 6.87. The minimum atomic E-state index is -0.555. The lowest BCUT2D eigenvalue weighted by Crippen LogP contribution is -2.31. The van der Waals surface area contributed by atoms with Crippen molar-refractivity contribution >= 4 is 5.97 Å². The highest BCUT2D eigenvalue weighted by atomic mass is 16.5. The lowest BCUT2D eigenvalue weighted by molar-refractivity contribution is -0.154. The fourth-order valence-electron chi connectivity index (χ4n) is 2.32. The maximum Gasteiger partial charge on any atom is 0.329 e. The summed E-state index contributed by atoms with van der Waals surface area (Å²) in [5.74, 6) is -0.310. The summed E-state index contributed by atoms with van der Waals surface area (Å²) in [6, 6.07) is 4.30. The van der Waals surface area contributed by atoms with Crippen molar-refractivity contribution in [2.45, 2.75) is 51.2 Å². The second-order valence-corrected chi connectivity index (χ2v) is 4.82. The van der Waals surface area contributed by atoms with Crippen LogP contribution in [0.15, 0.2) is 29.2 Å². The number of hydrogen-bond donors (Lipinski definition) is 0. The third-order valence-corrected chi connectivity index (χ3v) is 3.44. The number of carbonyl (C=O) groups excluding carboxylic acids is 1. The van der Waals surface area contributed by atoms with Crippen molar-refractivity contribution in [3.05, 3.63) is 34.7 Å². The molecule has 0 N–H and O–H groups in total. The molecule has 0 aromatic carbocycles. The molecule has 0 radical (unpaired) electrons. The van der Waals surface area contributed by atoms with E-state index < -0.39 is 6.04 Å². The Kier molecular flexibility index (Phi) is 4.18. The van der Waals surface area contributed by atoms with Gasteiger partial charge in [0.15, 0.2) is 0 Å². The second-order valence-electron chi connectivity index (χ2n) is 4.82. The first-order valence-corrected chi connectivity index (χ1v) is 6.56. The van der Waals surface area contributed by atoms with Gasteiger partial charge < -0.3 is 9.30 Å². The van der Waals surface area contributed by atoms with Gasteiger partial charge in [-0.25, -0.2) is 4.79 Å². The summed E-state index contributed by atoms with van der Waals surface area (Å²) >= 11 is 0. The van der Waals surface area contributed by atoms with Gasteiger partial charge in [-0.15, -0.1) is 0 Å². The van der Waals surface area contributed by atoms with Gasteiger partial charge in [-0.3, -0.25) is 4.79 Å². The largest absolute Gasteiger partial charge is 0.461 e. The molecule has 18 heavy (non-hydrogen) atoms. The van der Waals surface area contributed by atoms with Crippen LogP contribution in [0.1, 0.15) is 45.1 Å². The van der Waals surface area contributed by atoms with Crippen LogP contribution >= 0.6 is 0 Å². The van der Waals surface area contributed by atoms with Gasteiger partial charge >= 0.3 is 5.97 Å². The molecular formula is C14H19NO3. The van der Waals surface area contributed by atoms with Gasteiger partial charge in [-0.05, 0) is 38.7 Å². The summed E-state index contributed by atoms with van der Waals surface area (Å²) in [7, 11) is 0. The maximum absolute atomic E-state index is 12.0. The Morgan fingerprint density at radius 3 is 2.72 bits per heavy atom. The highest BCUT2D eigenvalue weighted by Crippen LogP contribution is 2.21. The average molecular weight is 249 g/mol. The van der Waals surface area contributed by atoms with Crippen molar-refractivity contribution in [1.82, 2.24) is 4.57 Å². The lowest BCUT2D eigenvalue weighted by Gasteiger charge is -2.24. The lowest BCUT2D eigenvalue weighted by atomic mass is 9.98. The molecule has 0 bridgehead atoms. The second kappa shape index (κ2) is 5.85. The third kappa shape index (κ3) is 3.00. The number of hydrogen-bond acceptors (Lipinski definition) is 3. The summed E-state index contributed by atoms with van der Waals surface area (Å²) in [6.45, 7) is 1.70. The third-order valence-electron chi connectivity index (χ3n) is 3.44. The van der Waals surface area contributed by atoms with Crippen molar-refractivity contribution in [1.29, 1.82) is 0 Å². The topological polar surface area (TPSA) is 48.3 Å². The smallest absolute Gasteiger partial charge is 0.329 e. The molecule has 1 aromatic rings. The highest BCUT2D eigenvalue weighted by molar-refractivity contribution is 5.73. The zero-order chi connectivity index (χ0) is 13.0. The van der Waals surface area contributed by atoms with Crippen LogP contribution < -0.4 is 5.56 Å². The Hall–Kier alpha value is -1.58. The summed E-state index contributed by atoms with van der Waals surface area (Å²) in [5.41, 5.74) is -0.175. The average Bonchev–Trinajstić information content (AvgIpc) is 2.39. The molecule has 1 aliphatic carbocycles. The van der Waals surface area contributed by atoms with E-state index in [1.54, 1.807) is 25.3 Å². The molecule has 4 heteroatoms. The normalized spacial score (nSPS) is 18.3. The van der Waals surface area contributed by atoms with Crippen molar-refractivity contribution in [3.8, 4) is 0 Å². The molecule has 2 rings (SSSR count). The van der Waals surface area contributed by atoms with E-state index in [2.05, 4.69) is 0 Å².